The number of amides is 1. The number of ether oxygens (including phenoxy) is 1. The summed E-state index contributed by atoms with van der Waals surface area (Å²) < 4.78 is 47.2. The topological polar surface area (TPSA) is 69.4 Å². The number of halogens is 3. The van der Waals surface area contributed by atoms with E-state index in [1.54, 1.807) is 56.8 Å². The Kier molecular flexibility index (Phi) is 6.32. The lowest BCUT2D eigenvalue weighted by molar-refractivity contribution is -0.137. The van der Waals surface area contributed by atoms with E-state index in [1.165, 1.54) is 18.2 Å². The van der Waals surface area contributed by atoms with Crippen LogP contribution in [0.25, 0.3) is 16.7 Å². The molecule has 5 rings (SSSR count). The summed E-state index contributed by atoms with van der Waals surface area (Å²) in [5.74, 6) is 0.348. The summed E-state index contributed by atoms with van der Waals surface area (Å²) >= 11 is 0. The molecule has 1 aliphatic rings. The number of hydrogen-bond acceptors (Lipinski definition) is 4. The van der Waals surface area contributed by atoms with E-state index in [4.69, 9.17) is 4.74 Å². The minimum Gasteiger partial charge on any atom is -0.489 e. The van der Waals surface area contributed by atoms with Gasteiger partial charge in [-0.05, 0) is 60.5 Å². The van der Waals surface area contributed by atoms with E-state index in [-0.39, 0.29) is 24.2 Å². The Labute approximate surface area is 210 Å². The van der Waals surface area contributed by atoms with Gasteiger partial charge in [0.05, 0.1) is 34.5 Å². The van der Waals surface area contributed by atoms with Crippen LogP contribution in [0.2, 0.25) is 0 Å². The molecule has 3 heterocycles. The molecular weight excluding hydrogens is 485 g/mol. The summed E-state index contributed by atoms with van der Waals surface area (Å²) in [7, 11) is 0. The van der Waals surface area contributed by atoms with Gasteiger partial charge in [-0.25, -0.2) is 4.79 Å². The second-order valence-corrected chi connectivity index (χ2v) is 8.76. The number of rotatable bonds is 6. The number of benzene rings is 2. The zero-order valence-corrected chi connectivity index (χ0v) is 19.7. The number of likely N-dealkylation sites (tertiary alicyclic amines) is 1. The van der Waals surface area contributed by atoms with Crippen molar-refractivity contribution in [2.24, 2.45) is 0 Å². The highest BCUT2D eigenvalue weighted by Crippen LogP contribution is 2.30. The van der Waals surface area contributed by atoms with Gasteiger partial charge >= 0.3 is 11.9 Å². The normalized spacial score (nSPS) is 15.8. The third-order valence-corrected chi connectivity index (χ3v) is 6.47. The molecule has 4 aromatic rings. The zero-order chi connectivity index (χ0) is 26.2. The van der Waals surface area contributed by atoms with Crippen molar-refractivity contribution in [3.63, 3.8) is 0 Å². The zero-order valence-electron chi connectivity index (χ0n) is 19.7. The van der Waals surface area contributed by atoms with Crippen molar-refractivity contribution in [2.45, 2.75) is 25.2 Å². The Morgan fingerprint density at radius 2 is 1.81 bits per heavy atom. The van der Waals surface area contributed by atoms with Crippen LogP contribution in [0.1, 0.15) is 23.6 Å². The van der Waals surface area contributed by atoms with Crippen molar-refractivity contribution in [3.05, 3.63) is 101 Å². The second kappa shape index (κ2) is 9.61. The van der Waals surface area contributed by atoms with Gasteiger partial charge in [-0.2, -0.15) is 13.2 Å². The van der Waals surface area contributed by atoms with Crippen LogP contribution in [0.4, 0.5) is 13.2 Å². The summed E-state index contributed by atoms with van der Waals surface area (Å²) in [4.78, 5) is 31.5. The van der Waals surface area contributed by atoms with E-state index in [2.05, 4.69) is 11.6 Å². The first-order chi connectivity index (χ1) is 17.8. The van der Waals surface area contributed by atoms with Crippen molar-refractivity contribution >= 4 is 16.9 Å². The van der Waals surface area contributed by atoms with Crippen molar-refractivity contribution in [2.75, 3.05) is 13.1 Å². The van der Waals surface area contributed by atoms with E-state index < -0.39 is 11.7 Å². The number of hydrogen-bond donors (Lipinski definition) is 0. The number of nitrogens with zero attached hydrogens (tertiary/aromatic N) is 4. The first-order valence-corrected chi connectivity index (χ1v) is 11.6. The van der Waals surface area contributed by atoms with Crippen molar-refractivity contribution < 1.29 is 22.7 Å². The molecule has 1 atom stereocenters. The number of fused-ring (bicyclic) bond motifs is 1. The molecule has 0 N–H and O–H groups in total. The van der Waals surface area contributed by atoms with Crippen LogP contribution in [0, 0.1) is 0 Å². The number of carbonyl (C=O) groups is 1. The molecular formula is C27H23F3N4O3. The van der Waals surface area contributed by atoms with Gasteiger partial charge in [0.1, 0.15) is 12.4 Å². The Hall–Kier alpha value is -4.34. The van der Waals surface area contributed by atoms with E-state index >= 15 is 0 Å². The lowest BCUT2D eigenvalue weighted by Gasteiger charge is -2.15. The minimum absolute atomic E-state index is 0.0995. The minimum atomic E-state index is -4.38. The van der Waals surface area contributed by atoms with Crippen LogP contribution in [0.15, 0.2) is 84.4 Å². The van der Waals surface area contributed by atoms with E-state index in [0.29, 0.717) is 42.0 Å². The van der Waals surface area contributed by atoms with Gasteiger partial charge in [-0.15, -0.1) is 0 Å². The summed E-state index contributed by atoms with van der Waals surface area (Å²) in [5.41, 5.74) is 1.63. The van der Waals surface area contributed by atoms with E-state index in [1.807, 2.05) is 0 Å². The maximum atomic E-state index is 13.6. The fourth-order valence-electron chi connectivity index (χ4n) is 4.60. The Morgan fingerprint density at radius 1 is 1.08 bits per heavy atom. The molecule has 0 spiro atoms. The molecule has 10 heteroatoms. The highest BCUT2D eigenvalue weighted by Gasteiger charge is 2.31. The smallest absolute Gasteiger partial charge is 0.416 e. The van der Waals surface area contributed by atoms with Crippen molar-refractivity contribution in [3.8, 4) is 11.4 Å². The van der Waals surface area contributed by atoms with Crippen LogP contribution in [0.3, 0.4) is 0 Å². The van der Waals surface area contributed by atoms with Gasteiger partial charge in [0.15, 0.2) is 0 Å². The van der Waals surface area contributed by atoms with Crippen LogP contribution >= 0.6 is 0 Å². The number of imidazole rings is 1. The molecule has 0 bridgehead atoms. The summed E-state index contributed by atoms with van der Waals surface area (Å²) in [6, 6.07) is 13.3. The van der Waals surface area contributed by atoms with Crippen LogP contribution in [-0.2, 0) is 17.6 Å². The molecule has 0 saturated carbocycles. The van der Waals surface area contributed by atoms with Crippen LogP contribution in [0.5, 0.6) is 5.75 Å². The molecule has 1 aliphatic heterocycles. The van der Waals surface area contributed by atoms with E-state index in [0.717, 1.165) is 17.6 Å². The molecule has 1 unspecified atom stereocenters. The van der Waals surface area contributed by atoms with E-state index in [9.17, 15) is 22.8 Å². The van der Waals surface area contributed by atoms with Crippen molar-refractivity contribution in [1.29, 1.82) is 0 Å². The van der Waals surface area contributed by atoms with Gasteiger partial charge in [-0.3, -0.25) is 18.9 Å². The largest absolute Gasteiger partial charge is 0.489 e. The van der Waals surface area contributed by atoms with Gasteiger partial charge < -0.3 is 9.64 Å². The summed E-state index contributed by atoms with van der Waals surface area (Å²) in [6.45, 7) is 4.61. The third kappa shape index (κ3) is 4.74. The Balaban J connectivity index is 1.38. The quantitative estimate of drug-likeness (QED) is 0.353. The van der Waals surface area contributed by atoms with Crippen LogP contribution in [-0.4, -0.2) is 38.0 Å². The number of alkyl halides is 3. The average Bonchev–Trinajstić information content (AvgIpc) is 3.49. The molecule has 0 radical (unpaired) electrons. The Morgan fingerprint density at radius 3 is 2.49 bits per heavy atom. The SMILES string of the molecule is C=CC(=O)N1CCC(n2c(=O)n(-c3ccc(OCc4ccc(C(F)(F)F)cc4)cc3)c3cnccc32)C1. The summed E-state index contributed by atoms with van der Waals surface area (Å²) in [6.07, 6.45) is 0.801. The van der Waals surface area contributed by atoms with Crippen LogP contribution < -0.4 is 10.4 Å². The molecule has 190 valence electrons. The third-order valence-electron chi connectivity index (χ3n) is 6.47. The maximum Gasteiger partial charge on any atom is 0.416 e. The number of aromatic nitrogens is 3. The average molecular weight is 509 g/mol. The fraction of sp³-hybridized carbons (Fsp3) is 0.222. The highest BCUT2D eigenvalue weighted by molar-refractivity contribution is 5.87. The number of pyridine rings is 1. The predicted octanol–water partition coefficient (Wildman–Crippen LogP) is 4.74. The van der Waals surface area contributed by atoms with Gasteiger partial charge in [0.25, 0.3) is 0 Å². The lowest BCUT2D eigenvalue weighted by atomic mass is 10.1. The standard InChI is InChI=1S/C27H23F3N4O3/c1-2-25(35)32-14-12-21(16-32)34-23-11-13-31-15-24(23)33(26(34)36)20-7-9-22(10-8-20)37-17-18-3-5-19(6-4-18)27(28,29)30/h2-11,13,15,21H,1,12,14,16-17H2. The Bertz CT molecular complexity index is 1510. The number of carbonyl (C=O) groups excluding carboxylic acids is 1. The highest BCUT2D eigenvalue weighted by atomic mass is 19.4. The first kappa shape index (κ1) is 24.4. The monoisotopic (exact) mass is 508 g/mol. The summed E-state index contributed by atoms with van der Waals surface area (Å²) in [5, 5.41) is 0. The molecule has 1 amide bonds. The van der Waals surface area contributed by atoms with Crippen molar-refractivity contribution in [1.82, 2.24) is 19.0 Å². The molecule has 7 nitrogen and oxygen atoms in total. The molecule has 1 saturated heterocycles. The molecule has 0 aliphatic carbocycles. The first-order valence-electron chi connectivity index (χ1n) is 11.6. The predicted molar refractivity (Wildman–Crippen MR) is 132 cm³/mol. The fourth-order valence-corrected chi connectivity index (χ4v) is 4.60. The van der Waals surface area contributed by atoms with Gasteiger partial charge in [-0.1, -0.05) is 18.7 Å². The molecule has 2 aromatic heterocycles. The molecule has 2 aromatic carbocycles. The maximum absolute atomic E-state index is 13.6. The van der Waals surface area contributed by atoms with Gasteiger partial charge in [0, 0.05) is 19.3 Å². The molecule has 37 heavy (non-hydrogen) atoms. The molecule has 1 fully saturated rings. The lowest BCUT2D eigenvalue weighted by Crippen LogP contribution is -2.31. The second-order valence-electron chi connectivity index (χ2n) is 8.76. The van der Waals surface area contributed by atoms with Gasteiger partial charge in [0.2, 0.25) is 5.91 Å².